The van der Waals surface area contributed by atoms with Crippen molar-refractivity contribution in [1.29, 1.82) is 0 Å². The summed E-state index contributed by atoms with van der Waals surface area (Å²) in [5.41, 5.74) is 0. The summed E-state index contributed by atoms with van der Waals surface area (Å²) >= 11 is 6.07. The Morgan fingerprint density at radius 3 is 2.53 bits per heavy atom. The van der Waals surface area contributed by atoms with Gasteiger partial charge in [0.15, 0.2) is 5.82 Å². The van der Waals surface area contributed by atoms with Gasteiger partial charge in [-0.2, -0.15) is 4.98 Å². The van der Waals surface area contributed by atoms with E-state index in [0.29, 0.717) is 28.7 Å². The van der Waals surface area contributed by atoms with Crippen LogP contribution in [0.15, 0.2) is 6.20 Å². The Bertz CT molecular complexity index is 352. The molecule has 4 nitrogen and oxygen atoms in total. The predicted octanol–water partition coefficient (Wildman–Crippen LogP) is 3.41. The molecule has 0 saturated carbocycles. The van der Waals surface area contributed by atoms with E-state index < -0.39 is 0 Å². The summed E-state index contributed by atoms with van der Waals surface area (Å²) in [6, 6.07) is 0.349. The van der Waals surface area contributed by atoms with Crippen LogP contribution in [0.2, 0.25) is 5.02 Å². The molecule has 0 fully saturated rings. The molecule has 0 amide bonds. The van der Waals surface area contributed by atoms with Crippen LogP contribution < -0.4 is 10.6 Å². The molecule has 1 aromatic heterocycles. The van der Waals surface area contributed by atoms with Crippen molar-refractivity contribution in [2.75, 3.05) is 17.7 Å². The fraction of sp³-hybridized carbons (Fsp3) is 0.667. The number of aromatic nitrogens is 2. The van der Waals surface area contributed by atoms with Crippen LogP contribution >= 0.6 is 11.6 Å². The summed E-state index contributed by atoms with van der Waals surface area (Å²) < 4.78 is 0. The Morgan fingerprint density at radius 2 is 2.00 bits per heavy atom. The third kappa shape index (κ3) is 3.73. The Balaban J connectivity index is 2.79. The molecule has 0 saturated heterocycles. The maximum Gasteiger partial charge on any atom is 0.224 e. The quantitative estimate of drug-likeness (QED) is 0.819. The summed E-state index contributed by atoms with van der Waals surface area (Å²) in [6.45, 7) is 6.56. The van der Waals surface area contributed by atoms with Crippen molar-refractivity contribution < 1.29 is 0 Å². The third-order valence-corrected chi connectivity index (χ3v) is 3.36. The molecule has 5 heteroatoms. The van der Waals surface area contributed by atoms with Crippen LogP contribution in [0.25, 0.3) is 0 Å². The van der Waals surface area contributed by atoms with Crippen molar-refractivity contribution in [3.8, 4) is 0 Å². The van der Waals surface area contributed by atoms with Crippen LogP contribution in [0, 0.1) is 5.92 Å². The van der Waals surface area contributed by atoms with Gasteiger partial charge in [0.1, 0.15) is 5.02 Å². The Kier molecular flexibility index (Phi) is 5.48. The zero-order chi connectivity index (χ0) is 12.8. The SMILES string of the molecule is CCC(CC)C(C)Nc1nc(NC)ncc1Cl. The van der Waals surface area contributed by atoms with Crippen molar-refractivity contribution in [1.82, 2.24) is 9.97 Å². The first-order valence-corrected chi connectivity index (χ1v) is 6.46. The van der Waals surface area contributed by atoms with Gasteiger partial charge in [0, 0.05) is 13.1 Å². The zero-order valence-electron chi connectivity index (χ0n) is 10.9. The first kappa shape index (κ1) is 14.0. The van der Waals surface area contributed by atoms with Crippen LogP contribution in [0.1, 0.15) is 33.6 Å². The van der Waals surface area contributed by atoms with Crippen molar-refractivity contribution in [2.24, 2.45) is 5.92 Å². The minimum atomic E-state index is 0.349. The highest BCUT2D eigenvalue weighted by Gasteiger charge is 2.15. The molecule has 0 radical (unpaired) electrons. The number of hydrogen-bond acceptors (Lipinski definition) is 4. The highest BCUT2D eigenvalue weighted by molar-refractivity contribution is 6.32. The second kappa shape index (κ2) is 6.64. The summed E-state index contributed by atoms with van der Waals surface area (Å²) in [4.78, 5) is 8.37. The van der Waals surface area contributed by atoms with Crippen molar-refractivity contribution in [3.63, 3.8) is 0 Å². The van der Waals surface area contributed by atoms with Gasteiger partial charge < -0.3 is 10.6 Å². The minimum absolute atomic E-state index is 0.349. The molecule has 0 aliphatic carbocycles. The molecule has 1 rings (SSSR count). The molecule has 96 valence electrons. The molecular formula is C12H21ClN4. The van der Waals surface area contributed by atoms with Crippen molar-refractivity contribution in [2.45, 2.75) is 39.7 Å². The standard InChI is InChI=1S/C12H21ClN4/c1-5-9(6-2)8(3)16-11-10(13)7-15-12(14-4)17-11/h7-9H,5-6H2,1-4H3,(H2,14,15,16,17). The van der Waals surface area contributed by atoms with E-state index in [2.05, 4.69) is 41.4 Å². The number of nitrogens with zero attached hydrogens (tertiary/aromatic N) is 2. The van der Waals surface area contributed by atoms with Gasteiger partial charge >= 0.3 is 0 Å². The third-order valence-electron chi connectivity index (χ3n) is 3.09. The molecule has 0 aliphatic heterocycles. The van der Waals surface area contributed by atoms with E-state index in [-0.39, 0.29) is 0 Å². The molecule has 1 aromatic rings. The number of halogens is 1. The molecule has 0 aromatic carbocycles. The molecule has 17 heavy (non-hydrogen) atoms. The van der Waals surface area contributed by atoms with E-state index in [1.165, 1.54) is 0 Å². The summed E-state index contributed by atoms with van der Waals surface area (Å²) in [5.74, 6) is 1.90. The number of rotatable bonds is 6. The lowest BCUT2D eigenvalue weighted by Gasteiger charge is -2.23. The van der Waals surface area contributed by atoms with Gasteiger partial charge in [-0.1, -0.05) is 38.3 Å². The summed E-state index contributed by atoms with van der Waals surface area (Å²) in [5, 5.41) is 6.83. The smallest absolute Gasteiger partial charge is 0.224 e. The summed E-state index contributed by atoms with van der Waals surface area (Å²) in [6.07, 6.45) is 3.90. The lowest BCUT2D eigenvalue weighted by molar-refractivity contribution is 0.437. The van der Waals surface area contributed by atoms with Crippen LogP contribution in [-0.2, 0) is 0 Å². The number of nitrogens with one attached hydrogen (secondary N) is 2. The first-order chi connectivity index (χ1) is 8.12. The van der Waals surface area contributed by atoms with Gasteiger partial charge in [-0.3, -0.25) is 0 Å². The zero-order valence-corrected chi connectivity index (χ0v) is 11.7. The first-order valence-electron chi connectivity index (χ1n) is 6.09. The molecule has 0 bridgehead atoms. The van der Waals surface area contributed by atoms with Crippen LogP contribution in [0.5, 0.6) is 0 Å². The largest absolute Gasteiger partial charge is 0.366 e. The highest BCUT2D eigenvalue weighted by atomic mass is 35.5. The van der Waals surface area contributed by atoms with Crippen LogP contribution in [-0.4, -0.2) is 23.1 Å². The number of anilines is 2. The number of hydrogen-bond donors (Lipinski definition) is 2. The Morgan fingerprint density at radius 1 is 1.35 bits per heavy atom. The second-order valence-electron chi connectivity index (χ2n) is 4.15. The minimum Gasteiger partial charge on any atom is -0.366 e. The van der Waals surface area contributed by atoms with Crippen LogP contribution in [0.3, 0.4) is 0 Å². The normalized spacial score (nSPS) is 12.6. The van der Waals surface area contributed by atoms with Gasteiger partial charge in [0.2, 0.25) is 5.95 Å². The molecule has 0 spiro atoms. The van der Waals surface area contributed by atoms with Gasteiger partial charge in [0.25, 0.3) is 0 Å². The average molecular weight is 257 g/mol. The Hall–Kier alpha value is -1.03. The highest BCUT2D eigenvalue weighted by Crippen LogP contribution is 2.23. The molecule has 1 atom stereocenters. The van der Waals surface area contributed by atoms with Crippen molar-refractivity contribution >= 4 is 23.4 Å². The monoisotopic (exact) mass is 256 g/mol. The maximum atomic E-state index is 6.07. The average Bonchev–Trinajstić information content (AvgIpc) is 2.33. The topological polar surface area (TPSA) is 49.8 Å². The molecule has 1 heterocycles. The maximum absolute atomic E-state index is 6.07. The molecular weight excluding hydrogens is 236 g/mol. The molecule has 1 unspecified atom stereocenters. The van der Waals surface area contributed by atoms with Crippen molar-refractivity contribution in [3.05, 3.63) is 11.2 Å². The fourth-order valence-electron chi connectivity index (χ4n) is 1.92. The molecule has 2 N–H and O–H groups in total. The molecule has 0 aliphatic rings. The van der Waals surface area contributed by atoms with E-state index in [1.807, 2.05) is 0 Å². The Labute approximate surface area is 108 Å². The van der Waals surface area contributed by atoms with Gasteiger partial charge in [0.05, 0.1) is 6.20 Å². The lowest BCUT2D eigenvalue weighted by Crippen LogP contribution is -2.25. The van der Waals surface area contributed by atoms with E-state index in [4.69, 9.17) is 11.6 Å². The van der Waals surface area contributed by atoms with Gasteiger partial charge in [-0.25, -0.2) is 4.98 Å². The predicted molar refractivity (Wildman–Crippen MR) is 73.7 cm³/mol. The van der Waals surface area contributed by atoms with E-state index in [1.54, 1.807) is 13.2 Å². The second-order valence-corrected chi connectivity index (χ2v) is 4.56. The van der Waals surface area contributed by atoms with Crippen LogP contribution in [0.4, 0.5) is 11.8 Å². The lowest BCUT2D eigenvalue weighted by atomic mass is 9.95. The van der Waals surface area contributed by atoms with E-state index in [9.17, 15) is 0 Å². The van der Waals surface area contributed by atoms with E-state index in [0.717, 1.165) is 12.8 Å². The van der Waals surface area contributed by atoms with Gasteiger partial charge in [-0.15, -0.1) is 0 Å². The van der Waals surface area contributed by atoms with E-state index >= 15 is 0 Å². The van der Waals surface area contributed by atoms with Gasteiger partial charge in [-0.05, 0) is 12.8 Å². The fourth-order valence-corrected chi connectivity index (χ4v) is 2.06. The summed E-state index contributed by atoms with van der Waals surface area (Å²) in [7, 11) is 1.79.